The molecule has 0 aromatic heterocycles. The molecule has 0 fully saturated rings. The monoisotopic (exact) mass is 340 g/mol. The van der Waals surface area contributed by atoms with Crippen molar-refractivity contribution in [3.8, 4) is 5.75 Å². The largest absolute Gasteiger partial charge is 0.487 e. The van der Waals surface area contributed by atoms with Gasteiger partial charge in [0.1, 0.15) is 12.4 Å². The van der Waals surface area contributed by atoms with Crippen LogP contribution in [0.1, 0.15) is 15.9 Å². The Morgan fingerprint density at radius 2 is 2.00 bits per heavy atom. The van der Waals surface area contributed by atoms with Crippen LogP contribution in [0.15, 0.2) is 46.9 Å². The summed E-state index contributed by atoms with van der Waals surface area (Å²) in [5, 5.41) is 9.42. The Kier molecular flexibility index (Phi) is 4.45. The van der Waals surface area contributed by atoms with Gasteiger partial charge in [0.25, 0.3) is 0 Å². The van der Waals surface area contributed by atoms with E-state index >= 15 is 0 Å². The first-order valence-electron chi connectivity index (χ1n) is 5.47. The lowest BCUT2D eigenvalue weighted by molar-refractivity contribution is 0.0696. The second kappa shape index (κ2) is 6.08. The van der Waals surface area contributed by atoms with Crippen LogP contribution in [0, 0.1) is 0 Å². The van der Waals surface area contributed by atoms with Crippen molar-refractivity contribution in [2.24, 2.45) is 0 Å². The van der Waals surface area contributed by atoms with Crippen LogP contribution in [0.4, 0.5) is 0 Å². The van der Waals surface area contributed by atoms with Crippen LogP contribution in [-0.4, -0.2) is 11.1 Å². The van der Waals surface area contributed by atoms with Gasteiger partial charge in [0.2, 0.25) is 0 Å². The number of hydrogen-bond acceptors (Lipinski definition) is 2. The normalized spacial score (nSPS) is 10.2. The van der Waals surface area contributed by atoms with Gasteiger partial charge in [0.05, 0.1) is 10.6 Å². The van der Waals surface area contributed by atoms with Crippen molar-refractivity contribution in [1.82, 2.24) is 0 Å². The zero-order chi connectivity index (χ0) is 13.8. The van der Waals surface area contributed by atoms with E-state index in [0.717, 1.165) is 5.56 Å². The van der Waals surface area contributed by atoms with Gasteiger partial charge < -0.3 is 9.84 Å². The summed E-state index contributed by atoms with van der Waals surface area (Å²) in [6.45, 7) is 0.310. The van der Waals surface area contributed by atoms with Crippen molar-refractivity contribution in [2.75, 3.05) is 0 Å². The maximum Gasteiger partial charge on any atom is 0.335 e. The van der Waals surface area contributed by atoms with E-state index in [1.807, 2.05) is 12.1 Å². The molecule has 2 aromatic carbocycles. The lowest BCUT2D eigenvalue weighted by Crippen LogP contribution is -2.00. The number of aromatic carboxylic acids is 1. The molecule has 98 valence electrons. The average molecular weight is 342 g/mol. The fraction of sp³-hybridized carbons (Fsp3) is 0.0714. The molecule has 1 N–H and O–H groups in total. The van der Waals surface area contributed by atoms with Crippen LogP contribution in [0.5, 0.6) is 5.75 Å². The highest BCUT2D eigenvalue weighted by Gasteiger charge is 2.08. The highest BCUT2D eigenvalue weighted by atomic mass is 79.9. The molecule has 0 saturated carbocycles. The number of carbonyl (C=O) groups is 1. The van der Waals surface area contributed by atoms with Crippen molar-refractivity contribution in [1.29, 1.82) is 0 Å². The van der Waals surface area contributed by atoms with Crippen LogP contribution < -0.4 is 4.74 Å². The smallest absolute Gasteiger partial charge is 0.335 e. The van der Waals surface area contributed by atoms with E-state index in [1.165, 1.54) is 0 Å². The van der Waals surface area contributed by atoms with E-state index in [0.29, 0.717) is 21.9 Å². The molecular weight excluding hydrogens is 332 g/mol. The first kappa shape index (κ1) is 13.9. The number of halogens is 2. The first-order chi connectivity index (χ1) is 9.08. The first-order valence-corrected chi connectivity index (χ1v) is 6.64. The third kappa shape index (κ3) is 3.49. The number of carboxylic acids is 1. The summed E-state index contributed by atoms with van der Waals surface area (Å²) in [7, 11) is 0. The van der Waals surface area contributed by atoms with Gasteiger partial charge in [-0.15, -0.1) is 0 Å². The molecular formula is C14H10BrClO3. The summed E-state index contributed by atoms with van der Waals surface area (Å²) >= 11 is 9.31. The highest BCUT2D eigenvalue weighted by molar-refractivity contribution is 9.10. The number of benzene rings is 2. The molecule has 0 atom stereocenters. The summed E-state index contributed by atoms with van der Waals surface area (Å²) in [5.41, 5.74) is 1.08. The number of ether oxygens (including phenoxy) is 1. The topological polar surface area (TPSA) is 46.5 Å². The molecule has 0 aliphatic rings. The Morgan fingerprint density at radius 1 is 1.26 bits per heavy atom. The van der Waals surface area contributed by atoms with Crippen LogP contribution >= 0.6 is 27.5 Å². The molecule has 0 saturated heterocycles. The third-order valence-corrected chi connectivity index (χ3v) is 3.57. The lowest BCUT2D eigenvalue weighted by Gasteiger charge is -2.09. The van der Waals surface area contributed by atoms with E-state index in [9.17, 15) is 4.79 Å². The molecule has 0 aliphatic carbocycles. The molecule has 2 aromatic rings. The Morgan fingerprint density at radius 3 is 2.63 bits per heavy atom. The molecule has 0 spiro atoms. The number of rotatable bonds is 4. The molecule has 3 nitrogen and oxygen atoms in total. The fourth-order valence-corrected chi connectivity index (χ4v) is 2.20. The SMILES string of the molecule is O=C(O)c1ccc(COc2ccccc2Cl)c(Br)c1. The predicted octanol–water partition coefficient (Wildman–Crippen LogP) is 4.38. The van der Waals surface area contributed by atoms with Gasteiger partial charge in [0.15, 0.2) is 0 Å². The molecule has 5 heteroatoms. The lowest BCUT2D eigenvalue weighted by atomic mass is 10.1. The van der Waals surface area contributed by atoms with Gasteiger partial charge in [-0.05, 0) is 24.3 Å². The minimum absolute atomic E-state index is 0.230. The third-order valence-electron chi connectivity index (χ3n) is 2.52. The fourth-order valence-electron chi connectivity index (χ4n) is 1.51. The summed E-state index contributed by atoms with van der Waals surface area (Å²) in [5.74, 6) is -0.363. The maximum atomic E-state index is 10.8. The minimum atomic E-state index is -0.959. The Hall–Kier alpha value is -1.52. The van der Waals surface area contributed by atoms with Crippen LogP contribution in [0.3, 0.4) is 0 Å². The molecule has 0 bridgehead atoms. The van der Waals surface area contributed by atoms with Crippen molar-refractivity contribution in [3.05, 3.63) is 63.1 Å². The van der Waals surface area contributed by atoms with E-state index in [1.54, 1.807) is 30.3 Å². The Bertz CT molecular complexity index is 613. The van der Waals surface area contributed by atoms with Crippen LogP contribution in [0.2, 0.25) is 5.02 Å². The summed E-state index contributed by atoms with van der Waals surface area (Å²) in [6.07, 6.45) is 0. The molecule has 0 radical (unpaired) electrons. The summed E-state index contributed by atoms with van der Waals surface area (Å²) < 4.78 is 6.29. The maximum absolute atomic E-state index is 10.8. The van der Waals surface area contributed by atoms with Crippen LogP contribution in [-0.2, 0) is 6.61 Å². The van der Waals surface area contributed by atoms with E-state index < -0.39 is 5.97 Å². The number of carboxylic acid groups (broad SMARTS) is 1. The average Bonchev–Trinajstić information content (AvgIpc) is 2.39. The van der Waals surface area contributed by atoms with Gasteiger partial charge in [-0.3, -0.25) is 0 Å². The quantitative estimate of drug-likeness (QED) is 0.897. The minimum Gasteiger partial charge on any atom is -0.487 e. The molecule has 0 aliphatic heterocycles. The van der Waals surface area contributed by atoms with Gasteiger partial charge in [-0.1, -0.05) is 45.7 Å². The van der Waals surface area contributed by atoms with E-state index in [4.69, 9.17) is 21.4 Å². The molecule has 0 unspecified atom stereocenters. The van der Waals surface area contributed by atoms with Crippen molar-refractivity contribution < 1.29 is 14.6 Å². The zero-order valence-electron chi connectivity index (χ0n) is 9.77. The van der Waals surface area contributed by atoms with Gasteiger partial charge in [-0.25, -0.2) is 4.79 Å². The van der Waals surface area contributed by atoms with Crippen molar-refractivity contribution >= 4 is 33.5 Å². The summed E-state index contributed by atoms with van der Waals surface area (Å²) in [4.78, 5) is 10.8. The Labute approximate surface area is 123 Å². The van der Waals surface area contributed by atoms with Gasteiger partial charge in [-0.2, -0.15) is 0 Å². The highest BCUT2D eigenvalue weighted by Crippen LogP contribution is 2.26. The number of hydrogen-bond donors (Lipinski definition) is 1. The molecule has 2 rings (SSSR count). The van der Waals surface area contributed by atoms with Crippen molar-refractivity contribution in [2.45, 2.75) is 6.61 Å². The zero-order valence-corrected chi connectivity index (χ0v) is 12.1. The molecule has 0 heterocycles. The van der Waals surface area contributed by atoms with E-state index in [2.05, 4.69) is 15.9 Å². The van der Waals surface area contributed by atoms with Crippen LogP contribution in [0.25, 0.3) is 0 Å². The second-order valence-corrected chi connectivity index (χ2v) is 5.09. The predicted molar refractivity (Wildman–Crippen MR) is 76.9 cm³/mol. The van der Waals surface area contributed by atoms with Gasteiger partial charge in [0, 0.05) is 10.0 Å². The molecule has 0 amide bonds. The second-order valence-electron chi connectivity index (χ2n) is 3.83. The summed E-state index contributed by atoms with van der Waals surface area (Å²) in [6, 6.07) is 12.0. The van der Waals surface area contributed by atoms with Crippen molar-refractivity contribution in [3.63, 3.8) is 0 Å². The number of para-hydroxylation sites is 1. The van der Waals surface area contributed by atoms with E-state index in [-0.39, 0.29) is 5.56 Å². The Balaban J connectivity index is 2.12. The standard InChI is InChI=1S/C14H10BrClO3/c15-11-7-9(14(17)18)5-6-10(11)8-19-13-4-2-1-3-12(13)16/h1-7H,8H2,(H,17,18). The van der Waals surface area contributed by atoms with Gasteiger partial charge >= 0.3 is 5.97 Å². The molecule has 19 heavy (non-hydrogen) atoms.